The van der Waals surface area contributed by atoms with E-state index in [1.54, 1.807) is 0 Å². The summed E-state index contributed by atoms with van der Waals surface area (Å²) in [6, 6.07) is -0.507. The van der Waals surface area contributed by atoms with Crippen molar-refractivity contribution in [3.63, 3.8) is 0 Å². The summed E-state index contributed by atoms with van der Waals surface area (Å²) < 4.78 is 0. The Kier molecular flexibility index (Phi) is 2.90. The van der Waals surface area contributed by atoms with E-state index in [1.807, 2.05) is 0 Å². The molecule has 8 heavy (non-hydrogen) atoms. The average molecular weight is 120 g/mol. The van der Waals surface area contributed by atoms with Crippen molar-refractivity contribution in [3.8, 4) is 0 Å². The van der Waals surface area contributed by atoms with Crippen LogP contribution in [0, 0.1) is 0 Å². The monoisotopic (exact) mass is 120 g/mol. The minimum absolute atomic E-state index is 0.507. The molecule has 0 aliphatic rings. The normalized spacial score (nSPS) is 8.38. The number of carbonyl (C=O) groups excluding carboxylic acids is 1. The van der Waals surface area contributed by atoms with Gasteiger partial charge in [0.25, 0.3) is 0 Å². The van der Waals surface area contributed by atoms with Gasteiger partial charge in [0.2, 0.25) is 0 Å². The van der Waals surface area contributed by atoms with Crippen LogP contribution < -0.4 is 5.32 Å². The summed E-state index contributed by atoms with van der Waals surface area (Å²) in [6.07, 6.45) is 0. The third-order valence-corrected chi connectivity index (χ3v) is 0.622. The lowest BCUT2D eigenvalue weighted by Crippen LogP contribution is -2.33. The third kappa shape index (κ3) is 1.76. The van der Waals surface area contributed by atoms with E-state index in [2.05, 4.69) is 10.3 Å². The van der Waals surface area contributed by atoms with Gasteiger partial charge >= 0.3 is 6.03 Å². The molecule has 2 N–H and O–H groups in total. The molecule has 0 saturated carbocycles. The molecule has 0 rings (SSSR count). The van der Waals surface area contributed by atoms with Gasteiger partial charge in [0.1, 0.15) is 0 Å². The van der Waals surface area contributed by atoms with Crippen LogP contribution in [0.4, 0.5) is 4.79 Å². The van der Waals surface area contributed by atoms with Gasteiger partial charge in [0.05, 0.1) is 0 Å². The Bertz CT molecular complexity index is 84.6. The quantitative estimate of drug-likeness (QED) is 0.367. The number of hydrogen-bond donors (Lipinski definition) is 2. The molecule has 0 unspecified atom stereocenters. The minimum Gasteiger partial charge on any atom is -0.339 e. The van der Waals surface area contributed by atoms with Crippen molar-refractivity contribution in [1.29, 1.82) is 0 Å². The molecule has 0 aromatic heterocycles. The molecule has 2 amide bonds. The van der Waals surface area contributed by atoms with Crippen molar-refractivity contribution in [2.75, 3.05) is 14.1 Å². The van der Waals surface area contributed by atoms with Crippen LogP contribution in [-0.2, 0) is 4.99 Å². The number of amides is 2. The van der Waals surface area contributed by atoms with E-state index in [-0.39, 0.29) is 0 Å². The van der Waals surface area contributed by atoms with E-state index in [4.69, 9.17) is 5.26 Å². The first-order valence-electron chi connectivity index (χ1n) is 1.99. The Morgan fingerprint density at radius 2 is 2.38 bits per heavy atom. The molecule has 0 aliphatic heterocycles. The van der Waals surface area contributed by atoms with Gasteiger partial charge in [-0.2, -0.15) is 5.06 Å². The van der Waals surface area contributed by atoms with Crippen molar-refractivity contribution >= 4 is 6.03 Å². The first-order valence-corrected chi connectivity index (χ1v) is 1.99. The Labute approximate surface area is 46.7 Å². The first kappa shape index (κ1) is 7.19. The molecule has 0 saturated heterocycles. The lowest BCUT2D eigenvalue weighted by Gasteiger charge is -2.08. The maximum Gasteiger partial charge on any atom is 0.343 e. The highest BCUT2D eigenvalue weighted by atomic mass is 17.2. The van der Waals surface area contributed by atoms with Crippen LogP contribution >= 0.6 is 0 Å². The van der Waals surface area contributed by atoms with E-state index < -0.39 is 6.03 Å². The zero-order valence-corrected chi connectivity index (χ0v) is 4.71. The highest BCUT2D eigenvalue weighted by Gasteiger charge is 2.02. The highest BCUT2D eigenvalue weighted by molar-refractivity contribution is 5.72. The Hall–Kier alpha value is -0.810. The van der Waals surface area contributed by atoms with E-state index in [1.165, 1.54) is 14.1 Å². The Balaban J connectivity index is 3.46. The second kappa shape index (κ2) is 3.23. The first-order chi connectivity index (χ1) is 3.72. The topological polar surface area (TPSA) is 61.8 Å². The largest absolute Gasteiger partial charge is 0.343 e. The van der Waals surface area contributed by atoms with Crippen LogP contribution in [0.3, 0.4) is 0 Å². The van der Waals surface area contributed by atoms with E-state index in [9.17, 15) is 4.79 Å². The van der Waals surface area contributed by atoms with Crippen molar-refractivity contribution in [3.05, 3.63) is 0 Å². The van der Waals surface area contributed by atoms with E-state index in [0.29, 0.717) is 5.06 Å². The van der Waals surface area contributed by atoms with Crippen LogP contribution in [0.1, 0.15) is 0 Å². The van der Waals surface area contributed by atoms with Crippen molar-refractivity contribution in [1.82, 2.24) is 10.4 Å². The van der Waals surface area contributed by atoms with Crippen molar-refractivity contribution in [2.24, 2.45) is 0 Å². The molecule has 0 aromatic carbocycles. The molecule has 0 atom stereocenters. The number of hydroxylamine groups is 2. The zero-order valence-electron chi connectivity index (χ0n) is 4.71. The van der Waals surface area contributed by atoms with Gasteiger partial charge in [0.15, 0.2) is 0 Å². The summed E-state index contributed by atoms with van der Waals surface area (Å²) in [4.78, 5) is 13.8. The summed E-state index contributed by atoms with van der Waals surface area (Å²) in [7, 11) is 2.71. The van der Waals surface area contributed by atoms with Crippen LogP contribution in [0.2, 0.25) is 0 Å². The Morgan fingerprint density at radius 3 is 2.50 bits per heavy atom. The zero-order chi connectivity index (χ0) is 6.57. The molecule has 0 radical (unpaired) electrons. The van der Waals surface area contributed by atoms with Gasteiger partial charge in [-0.1, -0.05) is 0 Å². The average Bonchev–Trinajstić information content (AvgIpc) is 1.84. The lowest BCUT2D eigenvalue weighted by atomic mass is 10.9. The SMILES string of the molecule is CNC(=O)N(C)OO. The molecule has 0 spiro atoms. The lowest BCUT2D eigenvalue weighted by molar-refractivity contribution is -0.363. The molecule has 48 valence electrons. The standard InChI is InChI=1S/C3H8N2O3/c1-4-3(6)5(2)8-7/h7H,1-2H3,(H,4,6). The maximum absolute atomic E-state index is 10.3. The van der Waals surface area contributed by atoms with Gasteiger partial charge in [0, 0.05) is 14.1 Å². The summed E-state index contributed by atoms with van der Waals surface area (Å²) in [5.74, 6) is 0. The van der Waals surface area contributed by atoms with Gasteiger partial charge in [-0.25, -0.2) is 10.1 Å². The molecule has 5 heteroatoms. The molecule has 0 aliphatic carbocycles. The predicted octanol–water partition coefficient (Wildman–Crippen LogP) is -0.338. The van der Waals surface area contributed by atoms with Gasteiger partial charge in [-0.15, -0.1) is 4.99 Å². The fraction of sp³-hybridized carbons (Fsp3) is 0.667. The van der Waals surface area contributed by atoms with E-state index >= 15 is 0 Å². The molecular formula is C3H8N2O3. The van der Waals surface area contributed by atoms with Crippen molar-refractivity contribution < 1.29 is 15.0 Å². The number of nitrogens with zero attached hydrogens (tertiary/aromatic N) is 1. The van der Waals surface area contributed by atoms with Crippen LogP contribution in [0.15, 0.2) is 0 Å². The van der Waals surface area contributed by atoms with Gasteiger partial charge < -0.3 is 5.32 Å². The van der Waals surface area contributed by atoms with Crippen LogP contribution in [0.25, 0.3) is 0 Å². The fourth-order valence-electron chi connectivity index (χ4n) is 0.195. The molecular weight excluding hydrogens is 112 g/mol. The smallest absolute Gasteiger partial charge is 0.339 e. The number of urea groups is 1. The fourth-order valence-corrected chi connectivity index (χ4v) is 0.195. The van der Waals surface area contributed by atoms with Crippen LogP contribution in [0.5, 0.6) is 0 Å². The Morgan fingerprint density at radius 1 is 1.88 bits per heavy atom. The summed E-state index contributed by atoms with van der Waals surface area (Å²) in [5, 5.41) is 10.7. The van der Waals surface area contributed by atoms with Gasteiger partial charge in [-0.05, 0) is 0 Å². The van der Waals surface area contributed by atoms with Gasteiger partial charge in [-0.3, -0.25) is 0 Å². The molecule has 0 bridgehead atoms. The van der Waals surface area contributed by atoms with Crippen LogP contribution in [-0.4, -0.2) is 30.4 Å². The summed E-state index contributed by atoms with van der Waals surface area (Å²) in [6.45, 7) is 0. The summed E-state index contributed by atoms with van der Waals surface area (Å²) >= 11 is 0. The molecule has 0 aromatic rings. The van der Waals surface area contributed by atoms with E-state index in [0.717, 1.165) is 0 Å². The minimum atomic E-state index is -0.507. The molecule has 0 heterocycles. The summed E-state index contributed by atoms with van der Waals surface area (Å²) in [5.41, 5.74) is 0. The predicted molar refractivity (Wildman–Crippen MR) is 25.9 cm³/mol. The number of carbonyl (C=O) groups is 1. The molecule has 0 fully saturated rings. The highest BCUT2D eigenvalue weighted by Crippen LogP contribution is 1.78. The number of nitrogens with one attached hydrogen (secondary N) is 1. The second-order valence-corrected chi connectivity index (χ2v) is 1.13. The number of hydrogen-bond acceptors (Lipinski definition) is 3. The maximum atomic E-state index is 10.3. The van der Waals surface area contributed by atoms with Crippen molar-refractivity contribution in [2.45, 2.75) is 0 Å². The molecule has 5 nitrogen and oxygen atoms in total. The second-order valence-electron chi connectivity index (χ2n) is 1.13. The third-order valence-electron chi connectivity index (χ3n) is 0.622. The number of rotatable bonds is 1.